The van der Waals surface area contributed by atoms with Gasteiger partial charge in [-0.15, -0.1) is 24.2 Å². The molecule has 1 aliphatic heterocycles. The second-order valence-electron chi connectivity index (χ2n) is 4.63. The van der Waals surface area contributed by atoms with Crippen molar-refractivity contribution < 1.29 is 9.72 Å². The summed E-state index contributed by atoms with van der Waals surface area (Å²) < 4.78 is 0. The third kappa shape index (κ3) is 5.91. The topological polar surface area (TPSA) is 84.3 Å². The minimum absolute atomic E-state index is 0. The van der Waals surface area contributed by atoms with Gasteiger partial charge in [-0.05, 0) is 38.1 Å². The molecule has 0 aliphatic carbocycles. The Kier molecular flexibility index (Phi) is 7.49. The van der Waals surface area contributed by atoms with Gasteiger partial charge in [-0.1, -0.05) is 0 Å². The summed E-state index contributed by atoms with van der Waals surface area (Å²) in [7, 11) is 0. The van der Waals surface area contributed by atoms with E-state index in [4.69, 9.17) is 0 Å². The molecule has 21 heavy (non-hydrogen) atoms. The van der Waals surface area contributed by atoms with Gasteiger partial charge in [0.2, 0.25) is 5.91 Å². The highest BCUT2D eigenvalue weighted by atomic mass is 35.5. The van der Waals surface area contributed by atoms with Crippen LogP contribution in [0.25, 0.3) is 0 Å². The Hall–Kier alpha value is -1.31. The summed E-state index contributed by atoms with van der Waals surface area (Å²) >= 11 is 1.39. The van der Waals surface area contributed by atoms with Crippen molar-refractivity contribution in [1.29, 1.82) is 0 Å². The summed E-state index contributed by atoms with van der Waals surface area (Å²) in [5.41, 5.74) is 0.0634. The molecule has 0 atom stereocenters. The Morgan fingerprint density at radius 3 is 2.52 bits per heavy atom. The van der Waals surface area contributed by atoms with Crippen LogP contribution in [0.4, 0.5) is 5.69 Å². The SMILES string of the molecule is Cl.O=C(CSc1ccc([N+](=O)[O-])cc1)NC1CCNCC1. The molecule has 0 bridgehead atoms. The lowest BCUT2D eigenvalue weighted by Gasteiger charge is -2.23. The number of nitro groups is 1. The first-order valence-corrected chi connectivity index (χ1v) is 7.51. The molecule has 1 fully saturated rings. The zero-order valence-electron chi connectivity index (χ0n) is 11.4. The Morgan fingerprint density at radius 2 is 1.95 bits per heavy atom. The van der Waals surface area contributed by atoms with Gasteiger partial charge in [0.05, 0.1) is 10.7 Å². The molecule has 1 aromatic carbocycles. The number of carbonyl (C=O) groups is 1. The van der Waals surface area contributed by atoms with Crippen molar-refractivity contribution in [3.63, 3.8) is 0 Å². The first-order valence-electron chi connectivity index (χ1n) is 6.52. The van der Waals surface area contributed by atoms with E-state index in [1.165, 1.54) is 23.9 Å². The first-order chi connectivity index (χ1) is 9.65. The lowest BCUT2D eigenvalue weighted by atomic mass is 10.1. The highest BCUT2D eigenvalue weighted by molar-refractivity contribution is 8.00. The molecular weight excluding hydrogens is 314 g/mol. The Bertz CT molecular complexity index is 478. The number of rotatable bonds is 5. The summed E-state index contributed by atoms with van der Waals surface area (Å²) in [6, 6.07) is 6.50. The highest BCUT2D eigenvalue weighted by Gasteiger charge is 2.15. The second-order valence-corrected chi connectivity index (χ2v) is 5.68. The van der Waals surface area contributed by atoms with Gasteiger partial charge in [0.1, 0.15) is 0 Å². The zero-order valence-corrected chi connectivity index (χ0v) is 13.0. The van der Waals surface area contributed by atoms with E-state index in [1.54, 1.807) is 12.1 Å². The standard InChI is InChI=1S/C13H17N3O3S.ClH/c17-13(15-10-5-7-14-8-6-10)9-20-12-3-1-11(2-4-12)16(18)19;/h1-4,10,14H,5-9H2,(H,15,17);1H. The molecule has 1 saturated heterocycles. The third-order valence-electron chi connectivity index (χ3n) is 3.12. The van der Waals surface area contributed by atoms with Crippen molar-refractivity contribution in [2.45, 2.75) is 23.8 Å². The summed E-state index contributed by atoms with van der Waals surface area (Å²) in [4.78, 5) is 22.8. The summed E-state index contributed by atoms with van der Waals surface area (Å²) in [5, 5.41) is 16.8. The van der Waals surface area contributed by atoms with Gasteiger partial charge in [0, 0.05) is 23.1 Å². The van der Waals surface area contributed by atoms with E-state index in [9.17, 15) is 14.9 Å². The molecule has 1 amide bonds. The number of nitrogens with zero attached hydrogens (tertiary/aromatic N) is 1. The van der Waals surface area contributed by atoms with Crippen LogP contribution in [-0.2, 0) is 4.79 Å². The molecule has 0 radical (unpaired) electrons. The number of hydrogen-bond acceptors (Lipinski definition) is 5. The average molecular weight is 332 g/mol. The van der Waals surface area contributed by atoms with Crippen molar-refractivity contribution in [3.8, 4) is 0 Å². The van der Waals surface area contributed by atoms with Gasteiger partial charge in [-0.3, -0.25) is 14.9 Å². The van der Waals surface area contributed by atoms with Crippen LogP contribution < -0.4 is 10.6 Å². The van der Waals surface area contributed by atoms with Gasteiger partial charge in [-0.2, -0.15) is 0 Å². The van der Waals surface area contributed by atoms with E-state index < -0.39 is 4.92 Å². The quantitative estimate of drug-likeness (QED) is 0.489. The number of carbonyl (C=O) groups excluding carboxylic acids is 1. The molecular formula is C13H18ClN3O3S. The Balaban J connectivity index is 0.00000220. The van der Waals surface area contributed by atoms with Crippen LogP contribution in [0.2, 0.25) is 0 Å². The van der Waals surface area contributed by atoms with Crippen molar-refractivity contribution in [1.82, 2.24) is 10.6 Å². The number of hydrogen-bond donors (Lipinski definition) is 2. The first kappa shape index (κ1) is 17.7. The van der Waals surface area contributed by atoms with E-state index in [0.29, 0.717) is 5.75 Å². The predicted octanol–water partition coefficient (Wildman–Crippen LogP) is 1.98. The number of halogens is 1. The highest BCUT2D eigenvalue weighted by Crippen LogP contribution is 2.21. The fourth-order valence-corrected chi connectivity index (χ4v) is 2.76. The average Bonchev–Trinajstić information content (AvgIpc) is 2.46. The minimum Gasteiger partial charge on any atom is -0.353 e. The number of piperidine rings is 1. The smallest absolute Gasteiger partial charge is 0.269 e. The number of benzene rings is 1. The molecule has 0 unspecified atom stereocenters. The molecule has 2 N–H and O–H groups in total. The number of amides is 1. The van der Waals surface area contributed by atoms with Crippen LogP contribution in [0, 0.1) is 10.1 Å². The molecule has 1 aliphatic rings. The van der Waals surface area contributed by atoms with Crippen LogP contribution in [0.3, 0.4) is 0 Å². The van der Waals surface area contributed by atoms with Crippen molar-refractivity contribution in [3.05, 3.63) is 34.4 Å². The maximum atomic E-state index is 11.8. The van der Waals surface area contributed by atoms with Crippen LogP contribution in [0.15, 0.2) is 29.2 Å². The van der Waals surface area contributed by atoms with Crippen LogP contribution >= 0.6 is 24.2 Å². The van der Waals surface area contributed by atoms with E-state index in [1.807, 2.05) is 0 Å². The van der Waals surface area contributed by atoms with Gasteiger partial charge < -0.3 is 10.6 Å². The molecule has 8 heteroatoms. The fourth-order valence-electron chi connectivity index (χ4n) is 2.05. The van der Waals surface area contributed by atoms with Crippen molar-refractivity contribution >= 4 is 35.8 Å². The largest absolute Gasteiger partial charge is 0.353 e. The van der Waals surface area contributed by atoms with E-state index >= 15 is 0 Å². The van der Waals surface area contributed by atoms with Gasteiger partial charge in [0.25, 0.3) is 5.69 Å². The molecule has 0 saturated carbocycles. The normalized spacial score (nSPS) is 15.0. The summed E-state index contributed by atoms with van der Waals surface area (Å²) in [6.07, 6.45) is 1.93. The van der Waals surface area contributed by atoms with E-state index in [-0.39, 0.29) is 30.0 Å². The second kappa shape index (κ2) is 8.86. The monoisotopic (exact) mass is 331 g/mol. The number of non-ortho nitro benzene ring substituents is 1. The molecule has 2 rings (SSSR count). The Morgan fingerprint density at radius 1 is 1.33 bits per heavy atom. The number of thioether (sulfide) groups is 1. The van der Waals surface area contributed by atoms with Crippen molar-refractivity contribution in [2.24, 2.45) is 0 Å². The lowest BCUT2D eigenvalue weighted by molar-refractivity contribution is -0.384. The van der Waals surface area contributed by atoms with Gasteiger partial charge >= 0.3 is 0 Å². The molecule has 116 valence electrons. The van der Waals surface area contributed by atoms with Crippen LogP contribution in [0.5, 0.6) is 0 Å². The predicted molar refractivity (Wildman–Crippen MR) is 85.1 cm³/mol. The fraction of sp³-hybridized carbons (Fsp3) is 0.462. The summed E-state index contributed by atoms with van der Waals surface area (Å²) in [5.74, 6) is 0.349. The van der Waals surface area contributed by atoms with E-state index in [2.05, 4.69) is 10.6 Å². The lowest BCUT2D eigenvalue weighted by Crippen LogP contribution is -2.43. The maximum absolute atomic E-state index is 11.8. The maximum Gasteiger partial charge on any atom is 0.269 e. The number of nitro benzene ring substituents is 1. The molecule has 0 aromatic heterocycles. The Labute approximate surface area is 133 Å². The zero-order chi connectivity index (χ0) is 14.4. The molecule has 6 nitrogen and oxygen atoms in total. The number of nitrogens with one attached hydrogen (secondary N) is 2. The molecule has 1 aromatic rings. The van der Waals surface area contributed by atoms with Crippen LogP contribution in [0.1, 0.15) is 12.8 Å². The van der Waals surface area contributed by atoms with Crippen molar-refractivity contribution in [2.75, 3.05) is 18.8 Å². The van der Waals surface area contributed by atoms with Crippen LogP contribution in [-0.4, -0.2) is 35.7 Å². The molecule has 0 spiro atoms. The minimum atomic E-state index is -0.432. The van der Waals surface area contributed by atoms with E-state index in [0.717, 1.165) is 30.8 Å². The van der Waals surface area contributed by atoms with Gasteiger partial charge in [-0.25, -0.2) is 0 Å². The summed E-state index contributed by atoms with van der Waals surface area (Å²) in [6.45, 7) is 1.89. The molecule has 1 heterocycles. The van der Waals surface area contributed by atoms with Gasteiger partial charge in [0.15, 0.2) is 0 Å². The third-order valence-corrected chi connectivity index (χ3v) is 4.13.